The lowest BCUT2D eigenvalue weighted by atomic mass is 10.2. The van der Waals surface area contributed by atoms with Gasteiger partial charge in [0.1, 0.15) is 5.75 Å². The highest BCUT2D eigenvalue weighted by atomic mass is 16.5. The molecule has 0 amide bonds. The second-order valence-corrected chi connectivity index (χ2v) is 4.06. The van der Waals surface area contributed by atoms with E-state index in [1.54, 1.807) is 7.11 Å². The fourth-order valence-corrected chi connectivity index (χ4v) is 2.41. The smallest absolute Gasteiger partial charge is 0.119 e. The largest absolute Gasteiger partial charge is 0.497 e. The molecule has 2 rings (SSSR count). The molecule has 0 spiro atoms. The van der Waals surface area contributed by atoms with Gasteiger partial charge in [-0.05, 0) is 37.1 Å². The summed E-state index contributed by atoms with van der Waals surface area (Å²) in [5, 5.41) is 0. The zero-order valence-corrected chi connectivity index (χ0v) is 9.73. The first-order valence-electron chi connectivity index (χ1n) is 5.74. The first-order chi connectivity index (χ1) is 7.31. The van der Waals surface area contributed by atoms with E-state index in [9.17, 15) is 0 Å². The first-order valence-corrected chi connectivity index (χ1v) is 5.74. The zero-order valence-electron chi connectivity index (χ0n) is 9.73. The molecule has 1 aliphatic heterocycles. The second-order valence-electron chi connectivity index (χ2n) is 4.06. The number of rotatable bonds is 4. The molecule has 0 saturated carbocycles. The minimum atomic E-state index is 0.753. The lowest BCUT2D eigenvalue weighted by Crippen LogP contribution is -1.98. The summed E-state index contributed by atoms with van der Waals surface area (Å²) in [5.74, 6) is 0.932. The molecule has 0 aromatic heterocycles. The Balaban J connectivity index is 2.10. The summed E-state index contributed by atoms with van der Waals surface area (Å²) in [5.41, 5.74) is 1.33. The third-order valence-electron chi connectivity index (χ3n) is 3.28. The molecule has 0 N–H and O–H groups in total. The number of ether oxygens (including phenoxy) is 1. The molecule has 0 radical (unpaired) electrons. The molecule has 1 fully saturated rings. The summed E-state index contributed by atoms with van der Waals surface area (Å²) in [6.45, 7) is 4.52. The molecule has 1 aromatic rings. The summed E-state index contributed by atoms with van der Waals surface area (Å²) in [4.78, 5) is 2.50. The van der Waals surface area contributed by atoms with E-state index >= 15 is 0 Å². The van der Waals surface area contributed by atoms with Crippen LogP contribution in [0.5, 0.6) is 5.75 Å². The van der Waals surface area contributed by atoms with E-state index in [0.29, 0.717) is 0 Å². The molecule has 82 valence electrons. The molecule has 1 saturated heterocycles. The van der Waals surface area contributed by atoms with E-state index in [1.165, 1.54) is 18.5 Å². The van der Waals surface area contributed by atoms with Crippen molar-refractivity contribution in [3.63, 3.8) is 0 Å². The third kappa shape index (κ3) is 1.81. The average molecular weight is 205 g/mol. The monoisotopic (exact) mass is 205 g/mol. The maximum atomic E-state index is 5.16. The normalized spacial score (nSPS) is 24.1. The Kier molecular flexibility index (Phi) is 2.85. The Labute approximate surface area is 91.9 Å². The number of methoxy groups -OCH3 is 1. The summed E-state index contributed by atoms with van der Waals surface area (Å²) < 4.78 is 5.16. The minimum absolute atomic E-state index is 0.753. The van der Waals surface area contributed by atoms with Crippen molar-refractivity contribution in [3.05, 3.63) is 24.3 Å². The van der Waals surface area contributed by atoms with E-state index in [4.69, 9.17) is 4.74 Å². The van der Waals surface area contributed by atoms with Gasteiger partial charge in [0.05, 0.1) is 7.11 Å². The van der Waals surface area contributed by atoms with Gasteiger partial charge in [-0.25, -0.2) is 0 Å². The van der Waals surface area contributed by atoms with Gasteiger partial charge in [0.15, 0.2) is 0 Å². The van der Waals surface area contributed by atoms with Crippen LogP contribution in [0.4, 0.5) is 5.69 Å². The topological polar surface area (TPSA) is 12.2 Å². The molecule has 1 heterocycles. The van der Waals surface area contributed by atoms with Crippen molar-refractivity contribution >= 4 is 5.69 Å². The van der Waals surface area contributed by atoms with E-state index in [2.05, 4.69) is 30.9 Å². The van der Waals surface area contributed by atoms with Gasteiger partial charge in [0, 0.05) is 17.8 Å². The fourth-order valence-electron chi connectivity index (χ4n) is 2.41. The molecule has 1 aromatic carbocycles. The van der Waals surface area contributed by atoms with Crippen LogP contribution >= 0.6 is 0 Å². The Hall–Kier alpha value is -1.18. The van der Waals surface area contributed by atoms with Crippen LogP contribution in [-0.4, -0.2) is 19.2 Å². The van der Waals surface area contributed by atoms with Crippen LogP contribution in [0.25, 0.3) is 0 Å². The van der Waals surface area contributed by atoms with Crippen LogP contribution in [0.15, 0.2) is 24.3 Å². The van der Waals surface area contributed by atoms with Gasteiger partial charge < -0.3 is 9.64 Å². The van der Waals surface area contributed by atoms with Gasteiger partial charge in [-0.3, -0.25) is 0 Å². The summed E-state index contributed by atoms with van der Waals surface area (Å²) in [7, 11) is 1.70. The zero-order chi connectivity index (χ0) is 10.8. The Bertz CT molecular complexity index is 310. The second kappa shape index (κ2) is 4.13. The molecule has 2 heteroatoms. The van der Waals surface area contributed by atoms with E-state index in [0.717, 1.165) is 17.8 Å². The lowest BCUT2D eigenvalue weighted by molar-refractivity contribution is 0.415. The van der Waals surface area contributed by atoms with Crippen molar-refractivity contribution in [2.24, 2.45) is 0 Å². The van der Waals surface area contributed by atoms with Gasteiger partial charge >= 0.3 is 0 Å². The molecule has 1 aliphatic rings. The van der Waals surface area contributed by atoms with Crippen LogP contribution in [0, 0.1) is 0 Å². The van der Waals surface area contributed by atoms with E-state index in [1.807, 2.05) is 12.1 Å². The van der Waals surface area contributed by atoms with E-state index < -0.39 is 0 Å². The van der Waals surface area contributed by atoms with Crippen molar-refractivity contribution in [3.8, 4) is 5.75 Å². The van der Waals surface area contributed by atoms with Crippen molar-refractivity contribution in [2.45, 2.75) is 38.8 Å². The standard InChI is InChI=1S/C13H19NO/c1-4-12-13(5-2)14(12)10-6-8-11(15-3)9-7-10/h6-9,12-13H,4-5H2,1-3H3/t12-,13-/m0/s1. The molecule has 15 heavy (non-hydrogen) atoms. The number of hydrogen-bond acceptors (Lipinski definition) is 2. The quantitative estimate of drug-likeness (QED) is 0.700. The maximum absolute atomic E-state index is 5.16. The average Bonchev–Trinajstić information content (AvgIpc) is 3.02. The molecule has 0 aliphatic carbocycles. The summed E-state index contributed by atoms with van der Waals surface area (Å²) >= 11 is 0. The van der Waals surface area contributed by atoms with Gasteiger partial charge in [-0.1, -0.05) is 13.8 Å². The van der Waals surface area contributed by atoms with Crippen LogP contribution in [0.3, 0.4) is 0 Å². The number of hydrogen-bond donors (Lipinski definition) is 0. The molecular formula is C13H19NO. The number of benzene rings is 1. The van der Waals surface area contributed by atoms with E-state index in [-0.39, 0.29) is 0 Å². The van der Waals surface area contributed by atoms with Crippen LogP contribution in [0.1, 0.15) is 26.7 Å². The molecule has 0 bridgehead atoms. The molecule has 2 atom stereocenters. The third-order valence-corrected chi connectivity index (χ3v) is 3.28. The SMILES string of the molecule is CC[C@H]1[C@H](CC)N1c1ccc(OC)cc1. The van der Waals surface area contributed by atoms with Crippen molar-refractivity contribution in [1.82, 2.24) is 0 Å². The highest BCUT2D eigenvalue weighted by Crippen LogP contribution is 2.39. The molecule has 0 unspecified atom stereocenters. The van der Waals surface area contributed by atoms with Gasteiger partial charge in [-0.2, -0.15) is 0 Å². The maximum Gasteiger partial charge on any atom is 0.119 e. The van der Waals surface area contributed by atoms with Gasteiger partial charge in [0.2, 0.25) is 0 Å². The van der Waals surface area contributed by atoms with Crippen molar-refractivity contribution < 1.29 is 4.74 Å². The van der Waals surface area contributed by atoms with Crippen LogP contribution < -0.4 is 9.64 Å². The number of nitrogens with zero attached hydrogens (tertiary/aromatic N) is 1. The van der Waals surface area contributed by atoms with Crippen molar-refractivity contribution in [2.75, 3.05) is 12.0 Å². The summed E-state index contributed by atoms with van der Waals surface area (Å²) in [6, 6.07) is 9.88. The fraction of sp³-hybridized carbons (Fsp3) is 0.538. The van der Waals surface area contributed by atoms with Crippen LogP contribution in [-0.2, 0) is 0 Å². The highest BCUT2D eigenvalue weighted by Gasteiger charge is 2.44. The predicted octanol–water partition coefficient (Wildman–Crippen LogP) is 3.07. The van der Waals surface area contributed by atoms with Crippen molar-refractivity contribution in [1.29, 1.82) is 0 Å². The Morgan fingerprint density at radius 1 is 1.07 bits per heavy atom. The first kappa shape index (κ1) is 10.3. The predicted molar refractivity (Wildman–Crippen MR) is 63.6 cm³/mol. The minimum Gasteiger partial charge on any atom is -0.497 e. The molecular weight excluding hydrogens is 186 g/mol. The highest BCUT2D eigenvalue weighted by molar-refractivity contribution is 5.57. The summed E-state index contributed by atoms with van der Waals surface area (Å²) in [6.07, 6.45) is 2.48. The Morgan fingerprint density at radius 2 is 1.60 bits per heavy atom. The van der Waals surface area contributed by atoms with Gasteiger partial charge in [0.25, 0.3) is 0 Å². The molecule has 2 nitrogen and oxygen atoms in total. The Morgan fingerprint density at radius 3 is 2.00 bits per heavy atom. The lowest BCUT2D eigenvalue weighted by Gasteiger charge is -2.06. The van der Waals surface area contributed by atoms with Crippen LogP contribution in [0.2, 0.25) is 0 Å². The van der Waals surface area contributed by atoms with Gasteiger partial charge in [-0.15, -0.1) is 0 Å². The number of anilines is 1.